The van der Waals surface area contributed by atoms with Crippen molar-refractivity contribution in [3.63, 3.8) is 0 Å². The maximum Gasteiger partial charge on any atom is 0.243 e. The van der Waals surface area contributed by atoms with Gasteiger partial charge in [0.05, 0.1) is 0 Å². The lowest BCUT2D eigenvalue weighted by atomic mass is 10.5. The van der Waals surface area contributed by atoms with Crippen LogP contribution in [0.25, 0.3) is 0 Å². The third kappa shape index (κ3) is 26.1. The summed E-state index contributed by atoms with van der Waals surface area (Å²) in [5.41, 5.74) is 0. The van der Waals surface area contributed by atoms with Gasteiger partial charge < -0.3 is 4.89 Å². The summed E-state index contributed by atoms with van der Waals surface area (Å²) < 4.78 is 9.99. The minimum absolute atomic E-state index is 0.706. The van der Waals surface area contributed by atoms with Crippen LogP contribution in [0.1, 0.15) is 6.42 Å². The first-order chi connectivity index (χ1) is 5.18. The summed E-state index contributed by atoms with van der Waals surface area (Å²) in [6.07, 6.45) is 3.29. The van der Waals surface area contributed by atoms with Crippen LogP contribution in [-0.4, -0.2) is 16.7 Å². The van der Waals surface area contributed by atoms with E-state index in [2.05, 4.69) is 6.58 Å². The molecule has 0 saturated heterocycles. The van der Waals surface area contributed by atoms with Crippen LogP contribution in [0.4, 0.5) is 0 Å². The van der Waals surface area contributed by atoms with Gasteiger partial charge in [-0.25, -0.2) is 10.2 Å². The molecular formula is C5H10NO3PS. The number of isocyanates is 1. The fourth-order valence-electron chi connectivity index (χ4n) is 0.230. The van der Waals surface area contributed by atoms with Gasteiger partial charge in [0.15, 0.2) is 0 Å². The third-order valence-corrected chi connectivity index (χ3v) is 2.59. The van der Waals surface area contributed by atoms with Gasteiger partial charge in [0, 0.05) is 5.75 Å². The van der Waals surface area contributed by atoms with E-state index < -0.39 is 7.23 Å². The molecule has 0 aliphatic carbocycles. The van der Waals surface area contributed by atoms with Crippen molar-refractivity contribution in [3.05, 3.63) is 12.7 Å². The molecule has 1 atom stereocenters. The summed E-state index contributed by atoms with van der Waals surface area (Å²) in [6, 6.07) is 0. The molecular weight excluding hydrogens is 185 g/mol. The monoisotopic (exact) mass is 195 g/mol. The summed E-state index contributed by atoms with van der Waals surface area (Å²) in [7, 11) is -2.29. The number of nitrogens with one attached hydrogen (secondary N) is 1. The summed E-state index contributed by atoms with van der Waals surface area (Å²) >= 11 is 1.09. The van der Waals surface area contributed by atoms with Crippen molar-refractivity contribution in [2.24, 2.45) is 0 Å². The Morgan fingerprint density at radius 2 is 2.27 bits per heavy atom. The Hall–Kier alpha value is -0.340. The van der Waals surface area contributed by atoms with E-state index in [1.807, 2.05) is 0 Å². The number of rotatable bonds is 4. The maximum atomic E-state index is 9.99. The van der Waals surface area contributed by atoms with Crippen molar-refractivity contribution in [2.75, 3.05) is 5.75 Å². The molecule has 64 valence electrons. The van der Waals surface area contributed by atoms with E-state index in [-0.39, 0.29) is 0 Å². The fraction of sp³-hybridized carbons (Fsp3) is 0.400. The number of hydrogen-bond donors (Lipinski definition) is 2. The van der Waals surface area contributed by atoms with Crippen molar-refractivity contribution >= 4 is 24.7 Å². The van der Waals surface area contributed by atoms with E-state index in [4.69, 9.17) is 15.1 Å². The first-order valence-electron chi connectivity index (χ1n) is 2.69. The van der Waals surface area contributed by atoms with Crippen LogP contribution in [0.5, 0.6) is 0 Å². The Bertz CT molecular complexity index is 156. The average molecular weight is 195 g/mol. The SMILES string of the molecule is C=CCCS[PH](=O)O.N=C=O. The van der Waals surface area contributed by atoms with Gasteiger partial charge in [0.2, 0.25) is 13.3 Å². The van der Waals surface area contributed by atoms with Crippen molar-refractivity contribution in [2.45, 2.75) is 6.42 Å². The molecule has 0 radical (unpaired) electrons. The van der Waals surface area contributed by atoms with E-state index in [1.54, 1.807) is 6.08 Å². The molecule has 4 nitrogen and oxygen atoms in total. The van der Waals surface area contributed by atoms with Crippen molar-refractivity contribution in [1.82, 2.24) is 0 Å². The molecule has 0 aliphatic rings. The predicted octanol–water partition coefficient (Wildman–Crippen LogP) is 1.58. The Morgan fingerprint density at radius 3 is 2.55 bits per heavy atom. The lowest BCUT2D eigenvalue weighted by Gasteiger charge is -1.88. The first-order valence-corrected chi connectivity index (χ1v) is 5.76. The smallest absolute Gasteiger partial charge is 0.243 e. The molecule has 0 heterocycles. The molecule has 0 bridgehead atoms. The van der Waals surface area contributed by atoms with Gasteiger partial charge in [0.1, 0.15) is 0 Å². The average Bonchev–Trinajstić information content (AvgIpc) is 1.89. The highest BCUT2D eigenvalue weighted by Gasteiger charge is 1.88. The van der Waals surface area contributed by atoms with Gasteiger partial charge in [0.25, 0.3) is 0 Å². The lowest BCUT2D eigenvalue weighted by molar-refractivity contribution is 0.519. The van der Waals surface area contributed by atoms with E-state index in [1.165, 1.54) is 0 Å². The molecule has 0 spiro atoms. The van der Waals surface area contributed by atoms with Crippen molar-refractivity contribution in [3.8, 4) is 0 Å². The topological polar surface area (TPSA) is 78.2 Å². The molecule has 0 amide bonds. The molecule has 0 aromatic rings. The molecule has 0 rings (SSSR count). The van der Waals surface area contributed by atoms with Crippen LogP contribution in [0.15, 0.2) is 12.7 Å². The summed E-state index contributed by atoms with van der Waals surface area (Å²) in [5.74, 6) is 0.706. The van der Waals surface area contributed by atoms with Crippen LogP contribution in [0.3, 0.4) is 0 Å². The molecule has 2 N–H and O–H groups in total. The maximum absolute atomic E-state index is 9.99. The van der Waals surface area contributed by atoms with Gasteiger partial charge in [-0.05, 0) is 6.42 Å². The summed E-state index contributed by atoms with van der Waals surface area (Å²) in [4.78, 5) is 16.6. The van der Waals surface area contributed by atoms with Gasteiger partial charge in [-0.3, -0.25) is 4.57 Å². The quantitative estimate of drug-likeness (QED) is 0.235. The zero-order valence-corrected chi connectivity index (χ0v) is 7.69. The van der Waals surface area contributed by atoms with Gasteiger partial charge >= 0.3 is 0 Å². The molecule has 11 heavy (non-hydrogen) atoms. The van der Waals surface area contributed by atoms with Gasteiger partial charge in [-0.1, -0.05) is 17.5 Å². The van der Waals surface area contributed by atoms with Crippen LogP contribution in [-0.2, 0) is 9.36 Å². The molecule has 0 aliphatic heterocycles. The summed E-state index contributed by atoms with van der Waals surface area (Å²) in [5, 5.41) is 5.40. The van der Waals surface area contributed by atoms with Crippen LogP contribution in [0, 0.1) is 5.41 Å². The number of hydrogen-bond acceptors (Lipinski definition) is 4. The molecule has 6 heteroatoms. The standard InChI is InChI=1S/C4H9O2PS.CHNO/c1-2-3-4-8-7(5)6;2-1-3/h2,7H,1,3-4H2,(H,5,6);2H. The van der Waals surface area contributed by atoms with E-state index in [9.17, 15) is 4.57 Å². The molecule has 0 saturated carbocycles. The Kier molecular flexibility index (Phi) is 14.9. The van der Waals surface area contributed by atoms with E-state index in [0.717, 1.165) is 23.9 Å². The van der Waals surface area contributed by atoms with Crippen LogP contribution < -0.4 is 0 Å². The molecule has 1 unspecified atom stereocenters. The Labute approximate surface area is 69.8 Å². The molecule has 0 aromatic heterocycles. The van der Waals surface area contributed by atoms with Crippen LogP contribution >= 0.6 is 18.6 Å². The Morgan fingerprint density at radius 1 is 1.82 bits per heavy atom. The number of carbonyl (C=O) groups excluding carboxylic acids is 1. The number of allylic oxidation sites excluding steroid dienone is 1. The second-order valence-electron chi connectivity index (χ2n) is 1.29. The second kappa shape index (κ2) is 12.3. The lowest BCUT2D eigenvalue weighted by Crippen LogP contribution is -1.67. The predicted molar refractivity (Wildman–Crippen MR) is 46.9 cm³/mol. The zero-order valence-electron chi connectivity index (χ0n) is 5.87. The summed E-state index contributed by atoms with van der Waals surface area (Å²) in [6.45, 7) is 3.47. The normalized spacial score (nSPS) is 10.3. The minimum atomic E-state index is -2.29. The Balaban J connectivity index is 0. The highest BCUT2D eigenvalue weighted by Crippen LogP contribution is 2.32. The fourth-order valence-corrected chi connectivity index (χ4v) is 1.57. The highest BCUT2D eigenvalue weighted by atomic mass is 32.7. The molecule has 0 aromatic carbocycles. The first kappa shape index (κ1) is 13.3. The van der Waals surface area contributed by atoms with E-state index >= 15 is 0 Å². The third-order valence-electron chi connectivity index (χ3n) is 0.548. The van der Waals surface area contributed by atoms with E-state index in [0.29, 0.717) is 5.75 Å². The second-order valence-corrected chi connectivity index (χ2v) is 4.44. The van der Waals surface area contributed by atoms with Crippen molar-refractivity contribution < 1.29 is 14.3 Å². The minimum Gasteiger partial charge on any atom is -0.339 e. The van der Waals surface area contributed by atoms with Crippen molar-refractivity contribution in [1.29, 1.82) is 5.41 Å². The van der Waals surface area contributed by atoms with Gasteiger partial charge in [-0.2, -0.15) is 0 Å². The molecule has 0 fully saturated rings. The largest absolute Gasteiger partial charge is 0.339 e. The van der Waals surface area contributed by atoms with Gasteiger partial charge in [-0.15, -0.1) is 6.58 Å². The zero-order chi connectivity index (χ0) is 9.11. The van der Waals surface area contributed by atoms with Crippen LogP contribution in [0.2, 0.25) is 0 Å². The highest BCUT2D eigenvalue weighted by molar-refractivity contribution is 8.50.